The lowest BCUT2D eigenvalue weighted by atomic mass is 9.83. The van der Waals surface area contributed by atoms with Crippen LogP contribution in [0.5, 0.6) is 0 Å². The molecule has 0 bridgehead atoms. The highest BCUT2D eigenvalue weighted by molar-refractivity contribution is 5.46. The van der Waals surface area contributed by atoms with E-state index in [1.807, 2.05) is 0 Å². The molecular weight excluding hydrogens is 232 g/mol. The Morgan fingerprint density at radius 2 is 1.68 bits per heavy atom. The molecule has 1 aliphatic heterocycles. The van der Waals surface area contributed by atoms with Gasteiger partial charge in [0.25, 0.3) is 0 Å². The normalized spacial score (nSPS) is 21.1. The summed E-state index contributed by atoms with van der Waals surface area (Å²) < 4.78 is 0. The van der Waals surface area contributed by atoms with Gasteiger partial charge in [-0.3, -0.25) is 0 Å². The van der Waals surface area contributed by atoms with E-state index in [0.717, 1.165) is 19.0 Å². The molecule has 2 rings (SSSR count). The van der Waals surface area contributed by atoms with Crippen LogP contribution in [-0.4, -0.2) is 32.1 Å². The predicted octanol–water partition coefficient (Wildman–Crippen LogP) is 3.13. The molecule has 1 N–H and O–H groups in total. The minimum atomic E-state index is 0.536. The summed E-state index contributed by atoms with van der Waals surface area (Å²) in [5.41, 5.74) is 7.38. The lowest BCUT2D eigenvalue weighted by Gasteiger charge is -2.33. The van der Waals surface area contributed by atoms with Gasteiger partial charge in [0, 0.05) is 6.04 Å². The lowest BCUT2D eigenvalue weighted by Crippen LogP contribution is -2.30. The van der Waals surface area contributed by atoms with Crippen LogP contribution in [0.2, 0.25) is 0 Å². The highest BCUT2D eigenvalue weighted by Crippen LogP contribution is 2.36. The molecule has 106 valence electrons. The fourth-order valence-corrected chi connectivity index (χ4v) is 3.55. The summed E-state index contributed by atoms with van der Waals surface area (Å²) >= 11 is 0. The van der Waals surface area contributed by atoms with Gasteiger partial charge in [-0.05, 0) is 95.0 Å². The van der Waals surface area contributed by atoms with Gasteiger partial charge in [0.15, 0.2) is 0 Å². The van der Waals surface area contributed by atoms with Crippen LogP contribution < -0.4 is 5.32 Å². The van der Waals surface area contributed by atoms with Gasteiger partial charge in [-0.2, -0.15) is 0 Å². The van der Waals surface area contributed by atoms with Crippen molar-refractivity contribution >= 4 is 0 Å². The molecule has 2 nitrogen and oxygen atoms in total. The molecule has 19 heavy (non-hydrogen) atoms. The van der Waals surface area contributed by atoms with E-state index in [0.29, 0.717) is 6.04 Å². The highest BCUT2D eigenvalue weighted by atomic mass is 15.1. The van der Waals surface area contributed by atoms with E-state index in [1.54, 1.807) is 5.56 Å². The highest BCUT2D eigenvalue weighted by Gasteiger charge is 2.30. The van der Waals surface area contributed by atoms with Crippen molar-refractivity contribution in [3.05, 3.63) is 33.9 Å². The van der Waals surface area contributed by atoms with Crippen LogP contribution in [0.3, 0.4) is 0 Å². The van der Waals surface area contributed by atoms with Crippen molar-refractivity contribution in [1.82, 2.24) is 10.2 Å². The zero-order chi connectivity index (χ0) is 14.2. The third-order valence-electron chi connectivity index (χ3n) is 4.82. The Kier molecular flexibility index (Phi) is 4.32. The van der Waals surface area contributed by atoms with Crippen LogP contribution in [0.25, 0.3) is 0 Å². The molecule has 0 aromatic heterocycles. The smallest absolute Gasteiger partial charge is 0.0388 e. The second-order valence-corrected chi connectivity index (χ2v) is 6.34. The Labute approximate surface area is 118 Å². The first-order valence-corrected chi connectivity index (χ1v) is 7.38. The molecule has 0 aliphatic carbocycles. The molecule has 1 aliphatic rings. The first-order valence-electron chi connectivity index (χ1n) is 7.38. The first kappa shape index (κ1) is 14.5. The van der Waals surface area contributed by atoms with Crippen molar-refractivity contribution in [2.75, 3.05) is 27.2 Å². The Morgan fingerprint density at radius 1 is 1.11 bits per heavy atom. The maximum atomic E-state index is 3.52. The lowest BCUT2D eigenvalue weighted by molar-refractivity contribution is 0.221. The van der Waals surface area contributed by atoms with E-state index in [1.165, 1.54) is 28.7 Å². The minimum absolute atomic E-state index is 0.536. The van der Waals surface area contributed by atoms with Crippen LogP contribution >= 0.6 is 0 Å². The van der Waals surface area contributed by atoms with Crippen LogP contribution in [0.15, 0.2) is 6.07 Å². The molecule has 1 heterocycles. The third kappa shape index (κ3) is 2.70. The molecule has 0 spiro atoms. The quantitative estimate of drug-likeness (QED) is 0.898. The number of rotatable bonds is 3. The largest absolute Gasteiger partial charge is 0.316 e. The van der Waals surface area contributed by atoms with Gasteiger partial charge in [0.2, 0.25) is 0 Å². The van der Waals surface area contributed by atoms with E-state index >= 15 is 0 Å². The molecular formula is C17H28N2. The van der Waals surface area contributed by atoms with E-state index in [2.05, 4.69) is 58.1 Å². The third-order valence-corrected chi connectivity index (χ3v) is 4.82. The molecule has 1 aromatic carbocycles. The number of nitrogens with one attached hydrogen (secondary N) is 1. The SMILES string of the molecule is Cc1cc(C)c(C)c(C(C2CCNC2)N(C)C)c1C. The van der Waals surface area contributed by atoms with Gasteiger partial charge in [0.1, 0.15) is 0 Å². The maximum absolute atomic E-state index is 3.52. The Bertz CT molecular complexity index is 431. The molecule has 1 aromatic rings. The van der Waals surface area contributed by atoms with Crippen LogP contribution in [0.1, 0.15) is 40.3 Å². The Morgan fingerprint density at radius 3 is 2.11 bits per heavy atom. The van der Waals surface area contributed by atoms with Crippen molar-refractivity contribution in [3.8, 4) is 0 Å². The van der Waals surface area contributed by atoms with Crippen molar-refractivity contribution < 1.29 is 0 Å². The van der Waals surface area contributed by atoms with Crippen molar-refractivity contribution in [2.45, 2.75) is 40.2 Å². The summed E-state index contributed by atoms with van der Waals surface area (Å²) in [5, 5.41) is 3.52. The van der Waals surface area contributed by atoms with E-state index in [4.69, 9.17) is 0 Å². The fourth-order valence-electron chi connectivity index (χ4n) is 3.55. The van der Waals surface area contributed by atoms with E-state index < -0.39 is 0 Å². The number of hydrogen-bond acceptors (Lipinski definition) is 2. The molecule has 1 saturated heterocycles. The zero-order valence-corrected chi connectivity index (χ0v) is 13.3. The van der Waals surface area contributed by atoms with E-state index in [9.17, 15) is 0 Å². The average Bonchev–Trinajstić information content (AvgIpc) is 2.85. The number of nitrogens with zero attached hydrogens (tertiary/aromatic N) is 1. The van der Waals surface area contributed by atoms with Crippen molar-refractivity contribution in [3.63, 3.8) is 0 Å². The summed E-state index contributed by atoms with van der Waals surface area (Å²) in [4.78, 5) is 2.41. The zero-order valence-electron chi connectivity index (χ0n) is 13.3. The Hall–Kier alpha value is -0.860. The summed E-state index contributed by atoms with van der Waals surface area (Å²) in [5.74, 6) is 0.730. The van der Waals surface area contributed by atoms with Crippen molar-refractivity contribution in [1.29, 1.82) is 0 Å². The molecule has 0 radical (unpaired) electrons. The Balaban J connectivity index is 2.52. The molecule has 0 amide bonds. The topological polar surface area (TPSA) is 15.3 Å². The maximum Gasteiger partial charge on any atom is 0.0388 e. The summed E-state index contributed by atoms with van der Waals surface area (Å²) in [7, 11) is 4.44. The first-order chi connectivity index (χ1) is 8.93. The van der Waals surface area contributed by atoms with Gasteiger partial charge in [-0.1, -0.05) is 6.07 Å². The summed E-state index contributed by atoms with van der Waals surface area (Å²) in [6.07, 6.45) is 1.29. The predicted molar refractivity (Wildman–Crippen MR) is 82.8 cm³/mol. The molecule has 2 heteroatoms. The molecule has 2 atom stereocenters. The summed E-state index contributed by atoms with van der Waals surface area (Å²) in [6, 6.07) is 2.86. The van der Waals surface area contributed by atoms with Gasteiger partial charge in [-0.25, -0.2) is 0 Å². The number of benzene rings is 1. The molecule has 2 unspecified atom stereocenters. The number of hydrogen-bond donors (Lipinski definition) is 1. The molecule has 0 saturated carbocycles. The van der Waals surface area contributed by atoms with Crippen LogP contribution in [-0.2, 0) is 0 Å². The minimum Gasteiger partial charge on any atom is -0.316 e. The van der Waals surface area contributed by atoms with Crippen LogP contribution in [0.4, 0.5) is 0 Å². The second kappa shape index (κ2) is 5.64. The second-order valence-electron chi connectivity index (χ2n) is 6.34. The van der Waals surface area contributed by atoms with Gasteiger partial charge in [0.05, 0.1) is 0 Å². The average molecular weight is 260 g/mol. The number of aryl methyl sites for hydroxylation is 2. The van der Waals surface area contributed by atoms with Gasteiger partial charge in [-0.15, -0.1) is 0 Å². The van der Waals surface area contributed by atoms with E-state index in [-0.39, 0.29) is 0 Å². The summed E-state index contributed by atoms with van der Waals surface area (Å²) in [6.45, 7) is 11.4. The van der Waals surface area contributed by atoms with Crippen LogP contribution in [0, 0.1) is 33.6 Å². The monoisotopic (exact) mass is 260 g/mol. The fraction of sp³-hybridized carbons (Fsp3) is 0.647. The van der Waals surface area contributed by atoms with Gasteiger partial charge >= 0.3 is 0 Å². The van der Waals surface area contributed by atoms with Crippen molar-refractivity contribution in [2.24, 2.45) is 5.92 Å². The molecule has 1 fully saturated rings. The standard InChI is InChI=1S/C17H28N2/c1-11-9-12(2)14(4)16(13(11)3)17(19(5)6)15-7-8-18-10-15/h9,15,17-18H,7-8,10H2,1-6H3. The van der Waals surface area contributed by atoms with Gasteiger partial charge < -0.3 is 10.2 Å².